The summed E-state index contributed by atoms with van der Waals surface area (Å²) in [6.45, 7) is 4.39. The SMILES string of the molecule is Cc1cc(N(C)C)ccc1-c1ccccc1-c1ccc(N(C)C)cc1C. The first-order chi connectivity index (χ1) is 12.4. The van der Waals surface area contributed by atoms with Crippen molar-refractivity contribution >= 4 is 11.4 Å². The van der Waals surface area contributed by atoms with Gasteiger partial charge in [-0.15, -0.1) is 0 Å². The fourth-order valence-electron chi connectivity index (χ4n) is 3.41. The van der Waals surface area contributed by atoms with E-state index in [9.17, 15) is 0 Å². The Morgan fingerprint density at radius 2 is 0.885 bits per heavy atom. The topological polar surface area (TPSA) is 6.48 Å². The third-order valence-electron chi connectivity index (χ3n) is 4.96. The summed E-state index contributed by atoms with van der Waals surface area (Å²) in [4.78, 5) is 4.29. The first-order valence-corrected chi connectivity index (χ1v) is 9.04. The number of aryl methyl sites for hydroxylation is 2. The maximum Gasteiger partial charge on any atom is 0.0364 e. The summed E-state index contributed by atoms with van der Waals surface area (Å²) >= 11 is 0. The quantitative estimate of drug-likeness (QED) is 0.593. The van der Waals surface area contributed by atoms with E-state index in [1.165, 1.54) is 44.8 Å². The third-order valence-corrected chi connectivity index (χ3v) is 4.96. The highest BCUT2D eigenvalue weighted by molar-refractivity contribution is 5.87. The van der Waals surface area contributed by atoms with E-state index in [2.05, 4.69) is 113 Å². The summed E-state index contributed by atoms with van der Waals surface area (Å²) in [6, 6.07) is 22.1. The molecule has 2 nitrogen and oxygen atoms in total. The van der Waals surface area contributed by atoms with Crippen LogP contribution in [-0.4, -0.2) is 28.2 Å². The van der Waals surface area contributed by atoms with E-state index in [4.69, 9.17) is 0 Å². The minimum absolute atomic E-state index is 1.23. The van der Waals surface area contributed by atoms with Gasteiger partial charge in [-0.05, 0) is 71.5 Å². The Morgan fingerprint density at radius 1 is 0.500 bits per heavy atom. The van der Waals surface area contributed by atoms with Gasteiger partial charge in [-0.1, -0.05) is 36.4 Å². The fourth-order valence-corrected chi connectivity index (χ4v) is 3.41. The van der Waals surface area contributed by atoms with Crippen LogP contribution >= 0.6 is 0 Å². The van der Waals surface area contributed by atoms with Crippen molar-refractivity contribution in [3.05, 3.63) is 71.8 Å². The monoisotopic (exact) mass is 344 g/mol. The van der Waals surface area contributed by atoms with Gasteiger partial charge in [-0.3, -0.25) is 0 Å². The lowest BCUT2D eigenvalue weighted by molar-refractivity contribution is 1.13. The van der Waals surface area contributed by atoms with Crippen LogP contribution in [0.5, 0.6) is 0 Å². The molecule has 0 unspecified atom stereocenters. The molecule has 0 aliphatic carbocycles. The molecule has 3 rings (SSSR count). The molecule has 0 radical (unpaired) electrons. The average Bonchev–Trinajstić information content (AvgIpc) is 2.61. The standard InChI is InChI=1S/C24H28N2/c1-17-15-19(25(3)4)11-13-21(17)23-9-7-8-10-24(23)22-14-12-20(26(5)6)16-18(22)2/h7-16H,1-6H3. The van der Waals surface area contributed by atoms with E-state index in [0.29, 0.717) is 0 Å². The molecule has 0 atom stereocenters. The molecule has 0 fully saturated rings. The third kappa shape index (κ3) is 3.45. The lowest BCUT2D eigenvalue weighted by Gasteiger charge is -2.19. The zero-order chi connectivity index (χ0) is 18.8. The molecule has 0 bridgehead atoms. The van der Waals surface area contributed by atoms with E-state index < -0.39 is 0 Å². The number of hydrogen-bond donors (Lipinski definition) is 0. The van der Waals surface area contributed by atoms with Crippen LogP contribution in [0.2, 0.25) is 0 Å². The van der Waals surface area contributed by atoms with Gasteiger partial charge in [-0.2, -0.15) is 0 Å². The Kier molecular flexibility index (Phi) is 5.03. The Balaban J connectivity index is 2.13. The lowest BCUT2D eigenvalue weighted by atomic mass is 9.90. The highest BCUT2D eigenvalue weighted by Gasteiger charge is 2.12. The largest absolute Gasteiger partial charge is 0.378 e. The van der Waals surface area contributed by atoms with Gasteiger partial charge in [0.1, 0.15) is 0 Å². The van der Waals surface area contributed by atoms with Gasteiger partial charge in [-0.25, -0.2) is 0 Å². The van der Waals surface area contributed by atoms with Gasteiger partial charge in [0.2, 0.25) is 0 Å². The minimum atomic E-state index is 1.23. The van der Waals surface area contributed by atoms with E-state index in [1.807, 2.05) is 0 Å². The van der Waals surface area contributed by atoms with Crippen LogP contribution in [-0.2, 0) is 0 Å². The fraction of sp³-hybridized carbons (Fsp3) is 0.250. The Labute approximate surface area is 157 Å². The predicted molar refractivity (Wildman–Crippen MR) is 115 cm³/mol. The highest BCUT2D eigenvalue weighted by atomic mass is 15.1. The Bertz CT molecular complexity index is 847. The van der Waals surface area contributed by atoms with Gasteiger partial charge < -0.3 is 9.80 Å². The van der Waals surface area contributed by atoms with Crippen molar-refractivity contribution in [2.45, 2.75) is 13.8 Å². The molecule has 0 spiro atoms. The molecule has 0 saturated heterocycles. The maximum atomic E-state index is 2.26. The Hall–Kier alpha value is -2.74. The van der Waals surface area contributed by atoms with Crippen molar-refractivity contribution in [3.63, 3.8) is 0 Å². The summed E-state index contributed by atoms with van der Waals surface area (Å²) in [6.07, 6.45) is 0. The molecule has 0 amide bonds. The minimum Gasteiger partial charge on any atom is -0.378 e. The normalized spacial score (nSPS) is 10.7. The van der Waals surface area contributed by atoms with Crippen LogP contribution in [0.25, 0.3) is 22.3 Å². The van der Waals surface area contributed by atoms with Crippen molar-refractivity contribution in [2.75, 3.05) is 38.0 Å². The second kappa shape index (κ2) is 7.25. The number of hydrogen-bond acceptors (Lipinski definition) is 2. The van der Waals surface area contributed by atoms with Crippen LogP contribution < -0.4 is 9.80 Å². The van der Waals surface area contributed by atoms with Gasteiger partial charge in [0, 0.05) is 39.6 Å². The first-order valence-electron chi connectivity index (χ1n) is 9.04. The van der Waals surface area contributed by atoms with Crippen molar-refractivity contribution in [2.24, 2.45) is 0 Å². The van der Waals surface area contributed by atoms with E-state index in [-0.39, 0.29) is 0 Å². The smallest absolute Gasteiger partial charge is 0.0364 e. The predicted octanol–water partition coefficient (Wildman–Crippen LogP) is 5.77. The van der Waals surface area contributed by atoms with Crippen LogP contribution in [0.15, 0.2) is 60.7 Å². The molecule has 0 saturated carbocycles. The molecule has 0 aliphatic heterocycles. The molecule has 0 aromatic heterocycles. The van der Waals surface area contributed by atoms with Crippen LogP contribution in [0.3, 0.4) is 0 Å². The van der Waals surface area contributed by atoms with Crippen LogP contribution in [0.1, 0.15) is 11.1 Å². The summed E-state index contributed by atoms with van der Waals surface area (Å²) in [5.41, 5.74) is 10.2. The zero-order valence-electron chi connectivity index (χ0n) is 16.7. The number of nitrogens with zero attached hydrogens (tertiary/aromatic N) is 2. The second-order valence-electron chi connectivity index (χ2n) is 7.33. The van der Waals surface area contributed by atoms with Gasteiger partial charge >= 0.3 is 0 Å². The highest BCUT2D eigenvalue weighted by Crippen LogP contribution is 2.37. The van der Waals surface area contributed by atoms with Crippen LogP contribution in [0.4, 0.5) is 11.4 Å². The molecule has 2 heteroatoms. The molecule has 3 aromatic rings. The number of rotatable bonds is 4. The number of benzene rings is 3. The average molecular weight is 345 g/mol. The summed E-state index contributed by atoms with van der Waals surface area (Å²) in [5.74, 6) is 0. The molecule has 0 heterocycles. The van der Waals surface area contributed by atoms with Crippen molar-refractivity contribution in [1.82, 2.24) is 0 Å². The zero-order valence-corrected chi connectivity index (χ0v) is 16.7. The molecule has 0 aliphatic rings. The van der Waals surface area contributed by atoms with Gasteiger partial charge in [0.25, 0.3) is 0 Å². The van der Waals surface area contributed by atoms with Crippen molar-refractivity contribution in [3.8, 4) is 22.3 Å². The molecular formula is C24H28N2. The molecule has 3 aromatic carbocycles. The lowest BCUT2D eigenvalue weighted by Crippen LogP contribution is -2.09. The summed E-state index contributed by atoms with van der Waals surface area (Å²) in [7, 11) is 8.33. The van der Waals surface area contributed by atoms with Crippen molar-refractivity contribution in [1.29, 1.82) is 0 Å². The first kappa shape index (κ1) is 18.1. The molecule has 134 valence electrons. The molecular weight excluding hydrogens is 316 g/mol. The number of anilines is 2. The second-order valence-corrected chi connectivity index (χ2v) is 7.33. The van der Waals surface area contributed by atoms with E-state index in [0.717, 1.165) is 0 Å². The van der Waals surface area contributed by atoms with Gasteiger partial charge in [0.05, 0.1) is 0 Å². The molecule has 26 heavy (non-hydrogen) atoms. The van der Waals surface area contributed by atoms with Gasteiger partial charge in [0.15, 0.2) is 0 Å². The van der Waals surface area contributed by atoms with E-state index >= 15 is 0 Å². The van der Waals surface area contributed by atoms with Crippen molar-refractivity contribution < 1.29 is 0 Å². The summed E-state index contributed by atoms with van der Waals surface area (Å²) < 4.78 is 0. The molecule has 0 N–H and O–H groups in total. The maximum absolute atomic E-state index is 2.26. The van der Waals surface area contributed by atoms with E-state index in [1.54, 1.807) is 0 Å². The van der Waals surface area contributed by atoms with Crippen LogP contribution in [0, 0.1) is 13.8 Å². The summed E-state index contributed by atoms with van der Waals surface area (Å²) in [5, 5.41) is 0. The Morgan fingerprint density at radius 3 is 1.19 bits per heavy atom.